The van der Waals surface area contributed by atoms with Gasteiger partial charge in [-0.3, -0.25) is 10.1 Å². The van der Waals surface area contributed by atoms with Gasteiger partial charge in [-0.15, -0.1) is 0 Å². The summed E-state index contributed by atoms with van der Waals surface area (Å²) in [7, 11) is 0. The average Bonchev–Trinajstić information content (AvgIpc) is 3.01. The van der Waals surface area contributed by atoms with E-state index in [1.165, 1.54) is 12.1 Å². The molecule has 1 saturated carbocycles. The quantitative estimate of drug-likeness (QED) is 0.880. The molecule has 0 radical (unpaired) electrons. The summed E-state index contributed by atoms with van der Waals surface area (Å²) in [5.41, 5.74) is 0.00449. The number of nitrogens with one attached hydrogen (secondary N) is 2. The normalized spacial score (nSPS) is 16.8. The van der Waals surface area contributed by atoms with Crippen molar-refractivity contribution in [1.29, 1.82) is 0 Å². The van der Waals surface area contributed by atoms with Gasteiger partial charge in [0.2, 0.25) is 11.8 Å². The number of hydrogen-bond acceptors (Lipinski definition) is 5. The SMILES string of the molecule is Cc1nc(C2(NCC(=O)Nc3cccc(F)c3)CCCCC2)no1. The third-order valence-corrected chi connectivity index (χ3v) is 4.36. The van der Waals surface area contributed by atoms with E-state index in [2.05, 4.69) is 20.8 Å². The minimum Gasteiger partial charge on any atom is -0.340 e. The van der Waals surface area contributed by atoms with Crippen LogP contribution in [0.5, 0.6) is 0 Å². The van der Waals surface area contributed by atoms with E-state index in [0.29, 0.717) is 17.4 Å². The number of aryl methyl sites for hydroxylation is 1. The molecule has 6 nitrogen and oxygen atoms in total. The first-order valence-electron chi connectivity index (χ1n) is 8.19. The van der Waals surface area contributed by atoms with E-state index >= 15 is 0 Å². The number of anilines is 1. The van der Waals surface area contributed by atoms with Crippen molar-refractivity contribution in [3.05, 3.63) is 41.8 Å². The van der Waals surface area contributed by atoms with Gasteiger partial charge in [0.05, 0.1) is 12.1 Å². The summed E-state index contributed by atoms with van der Waals surface area (Å²) in [5.74, 6) is 0.511. The molecule has 0 atom stereocenters. The standard InChI is InChI=1S/C17H21FN4O2/c1-12-20-16(22-24-12)17(8-3-2-4-9-17)19-11-15(23)21-14-7-5-6-13(18)10-14/h5-7,10,19H,2-4,8-9,11H2,1H3,(H,21,23). The molecule has 1 aliphatic rings. The van der Waals surface area contributed by atoms with Crippen molar-refractivity contribution in [2.24, 2.45) is 0 Å². The predicted molar refractivity (Wildman–Crippen MR) is 86.8 cm³/mol. The molecule has 24 heavy (non-hydrogen) atoms. The number of nitrogens with zero attached hydrogens (tertiary/aromatic N) is 2. The molecule has 2 aromatic rings. The van der Waals surface area contributed by atoms with E-state index in [1.54, 1.807) is 19.1 Å². The van der Waals surface area contributed by atoms with Crippen molar-refractivity contribution in [1.82, 2.24) is 15.5 Å². The summed E-state index contributed by atoms with van der Waals surface area (Å²) in [6.07, 6.45) is 4.98. The lowest BCUT2D eigenvalue weighted by Crippen LogP contribution is -2.48. The minimum atomic E-state index is -0.435. The van der Waals surface area contributed by atoms with Crippen LogP contribution in [0.3, 0.4) is 0 Å². The first kappa shape index (κ1) is 16.6. The van der Waals surface area contributed by atoms with Crippen molar-refractivity contribution in [2.75, 3.05) is 11.9 Å². The highest BCUT2D eigenvalue weighted by atomic mass is 19.1. The molecule has 2 N–H and O–H groups in total. The van der Waals surface area contributed by atoms with E-state index in [9.17, 15) is 9.18 Å². The van der Waals surface area contributed by atoms with Gasteiger partial charge < -0.3 is 9.84 Å². The highest BCUT2D eigenvalue weighted by molar-refractivity contribution is 5.92. The number of rotatable bonds is 5. The van der Waals surface area contributed by atoms with Gasteiger partial charge >= 0.3 is 0 Å². The Labute approximate surface area is 139 Å². The summed E-state index contributed by atoms with van der Waals surface area (Å²) < 4.78 is 18.3. The fourth-order valence-corrected chi connectivity index (χ4v) is 3.15. The molecule has 7 heteroatoms. The van der Waals surface area contributed by atoms with Crippen LogP contribution in [0.25, 0.3) is 0 Å². The molecule has 1 fully saturated rings. The summed E-state index contributed by atoms with van der Waals surface area (Å²) in [4.78, 5) is 16.5. The molecule has 0 spiro atoms. The van der Waals surface area contributed by atoms with Gasteiger partial charge in [-0.2, -0.15) is 4.98 Å². The molecule has 0 aliphatic heterocycles. The maximum atomic E-state index is 13.2. The molecule has 1 aliphatic carbocycles. The van der Waals surface area contributed by atoms with E-state index < -0.39 is 5.54 Å². The van der Waals surface area contributed by atoms with E-state index in [-0.39, 0.29) is 18.3 Å². The number of carbonyl (C=O) groups excluding carboxylic acids is 1. The van der Waals surface area contributed by atoms with Gasteiger partial charge in [0.25, 0.3) is 0 Å². The molecule has 0 saturated heterocycles. The third kappa shape index (κ3) is 3.79. The van der Waals surface area contributed by atoms with Crippen LogP contribution in [0.15, 0.2) is 28.8 Å². The number of benzene rings is 1. The highest BCUT2D eigenvalue weighted by Crippen LogP contribution is 2.35. The third-order valence-electron chi connectivity index (χ3n) is 4.36. The Morgan fingerprint density at radius 1 is 1.33 bits per heavy atom. The second kappa shape index (κ2) is 7.09. The van der Waals surface area contributed by atoms with Crippen molar-refractivity contribution >= 4 is 11.6 Å². The number of hydrogen-bond donors (Lipinski definition) is 2. The predicted octanol–water partition coefficient (Wildman–Crippen LogP) is 2.90. The fourth-order valence-electron chi connectivity index (χ4n) is 3.15. The molecular formula is C17H21FN4O2. The van der Waals surface area contributed by atoms with Gasteiger partial charge in [-0.05, 0) is 31.0 Å². The van der Waals surface area contributed by atoms with Crippen LogP contribution in [-0.2, 0) is 10.3 Å². The van der Waals surface area contributed by atoms with E-state index in [4.69, 9.17) is 4.52 Å². The Bertz CT molecular complexity index is 710. The Morgan fingerprint density at radius 2 is 2.12 bits per heavy atom. The van der Waals surface area contributed by atoms with Crippen LogP contribution in [0.1, 0.15) is 43.8 Å². The Morgan fingerprint density at radius 3 is 2.79 bits per heavy atom. The van der Waals surface area contributed by atoms with Crippen molar-refractivity contribution in [3.8, 4) is 0 Å². The Balaban J connectivity index is 1.66. The zero-order valence-corrected chi connectivity index (χ0v) is 13.6. The largest absolute Gasteiger partial charge is 0.340 e. The molecule has 1 heterocycles. The Hall–Kier alpha value is -2.28. The molecule has 1 aromatic heterocycles. The number of carbonyl (C=O) groups is 1. The monoisotopic (exact) mass is 332 g/mol. The maximum Gasteiger partial charge on any atom is 0.238 e. The van der Waals surface area contributed by atoms with E-state index in [1.807, 2.05) is 0 Å². The molecule has 1 amide bonds. The van der Waals surface area contributed by atoms with Gasteiger partial charge in [-0.1, -0.05) is 30.5 Å². The highest BCUT2D eigenvalue weighted by Gasteiger charge is 2.38. The summed E-state index contributed by atoms with van der Waals surface area (Å²) in [6.45, 7) is 1.85. The fraction of sp³-hybridized carbons (Fsp3) is 0.471. The first-order valence-corrected chi connectivity index (χ1v) is 8.19. The second-order valence-corrected chi connectivity index (χ2v) is 6.19. The van der Waals surface area contributed by atoms with Crippen LogP contribution in [0, 0.1) is 12.7 Å². The average molecular weight is 332 g/mol. The lowest BCUT2D eigenvalue weighted by atomic mass is 9.81. The summed E-state index contributed by atoms with van der Waals surface area (Å²) in [6, 6.07) is 5.84. The topological polar surface area (TPSA) is 80.0 Å². The molecular weight excluding hydrogens is 311 g/mol. The zero-order valence-electron chi connectivity index (χ0n) is 13.6. The van der Waals surface area contributed by atoms with E-state index in [0.717, 1.165) is 32.1 Å². The number of aromatic nitrogens is 2. The molecule has 1 aromatic carbocycles. The summed E-state index contributed by atoms with van der Waals surface area (Å²) >= 11 is 0. The smallest absolute Gasteiger partial charge is 0.238 e. The van der Waals surface area contributed by atoms with Crippen LogP contribution >= 0.6 is 0 Å². The van der Waals surface area contributed by atoms with Crippen LogP contribution in [0.4, 0.5) is 10.1 Å². The molecule has 0 unspecified atom stereocenters. The van der Waals surface area contributed by atoms with Gasteiger partial charge in [0.15, 0.2) is 5.82 Å². The number of amides is 1. The zero-order chi connectivity index (χ0) is 17.0. The van der Waals surface area contributed by atoms with Crippen molar-refractivity contribution in [2.45, 2.75) is 44.6 Å². The molecule has 3 rings (SSSR count). The van der Waals surface area contributed by atoms with Crippen molar-refractivity contribution in [3.63, 3.8) is 0 Å². The lowest BCUT2D eigenvalue weighted by molar-refractivity contribution is -0.115. The van der Waals surface area contributed by atoms with Crippen LogP contribution in [-0.4, -0.2) is 22.6 Å². The van der Waals surface area contributed by atoms with Crippen molar-refractivity contribution < 1.29 is 13.7 Å². The number of halogens is 1. The maximum absolute atomic E-state index is 13.2. The van der Waals surface area contributed by atoms with Gasteiger partial charge in [0.1, 0.15) is 5.82 Å². The second-order valence-electron chi connectivity index (χ2n) is 6.19. The minimum absolute atomic E-state index is 0.101. The first-order chi connectivity index (χ1) is 11.6. The van der Waals surface area contributed by atoms with Gasteiger partial charge in [-0.25, -0.2) is 4.39 Å². The molecule has 0 bridgehead atoms. The lowest BCUT2D eigenvalue weighted by Gasteiger charge is -2.35. The van der Waals surface area contributed by atoms with Gasteiger partial charge in [0, 0.05) is 12.6 Å². The van der Waals surface area contributed by atoms with Crippen LogP contribution < -0.4 is 10.6 Å². The summed E-state index contributed by atoms with van der Waals surface area (Å²) in [5, 5.41) is 10.1. The molecule has 128 valence electrons. The van der Waals surface area contributed by atoms with Crippen LogP contribution in [0.2, 0.25) is 0 Å². The Kier molecular flexibility index (Phi) is 4.89.